The minimum atomic E-state index is -3.16. The van der Waals surface area contributed by atoms with Crippen molar-refractivity contribution in [3.63, 3.8) is 0 Å². The van der Waals surface area contributed by atoms with E-state index in [0.29, 0.717) is 6.54 Å². The predicted octanol–water partition coefficient (Wildman–Crippen LogP) is 2.89. The van der Waals surface area contributed by atoms with E-state index in [0.717, 1.165) is 12.8 Å². The molecule has 0 unspecified atom stereocenters. The van der Waals surface area contributed by atoms with E-state index in [2.05, 4.69) is 22.2 Å². The van der Waals surface area contributed by atoms with Gasteiger partial charge in [-0.15, -0.1) is 11.3 Å². The Balaban J connectivity index is 2.14. The molecule has 1 fully saturated rings. The molecule has 0 radical (unpaired) electrons. The monoisotopic (exact) mass is 287 g/mol. The molecule has 3 nitrogen and oxygen atoms in total. The van der Waals surface area contributed by atoms with Gasteiger partial charge in [-0.05, 0) is 38.1 Å². The molecule has 5 heteroatoms. The maximum atomic E-state index is 11.9. The Morgan fingerprint density at radius 3 is 2.56 bits per heavy atom. The second kappa shape index (κ2) is 5.31. The number of rotatable bonds is 5. The van der Waals surface area contributed by atoms with Crippen LogP contribution in [0.15, 0.2) is 17.5 Å². The van der Waals surface area contributed by atoms with Crippen molar-refractivity contribution in [1.82, 2.24) is 4.72 Å². The normalized spacial score (nSPS) is 19.5. The minimum Gasteiger partial charge on any atom is -0.214 e. The van der Waals surface area contributed by atoms with Crippen molar-refractivity contribution >= 4 is 21.4 Å². The molecule has 2 rings (SSSR count). The molecule has 0 atom stereocenters. The lowest BCUT2D eigenvalue weighted by atomic mass is 9.85. The number of hydrogen-bond donors (Lipinski definition) is 1. The average molecular weight is 287 g/mol. The van der Waals surface area contributed by atoms with Crippen LogP contribution in [0, 0.1) is 0 Å². The van der Waals surface area contributed by atoms with Gasteiger partial charge in [0.2, 0.25) is 10.0 Å². The summed E-state index contributed by atoms with van der Waals surface area (Å²) in [5.41, 5.74) is 0.0378. The number of nitrogens with one attached hydrogen (secondary N) is 1. The zero-order valence-corrected chi connectivity index (χ0v) is 12.6. The van der Waals surface area contributed by atoms with Crippen molar-refractivity contribution in [3.05, 3.63) is 22.4 Å². The molecule has 0 amide bonds. The SMILES string of the molecule is CC(C)S(=O)(=O)NCC1(c2cccs2)CCCC1. The summed E-state index contributed by atoms with van der Waals surface area (Å²) in [6, 6.07) is 4.19. The Hall–Kier alpha value is -0.390. The van der Waals surface area contributed by atoms with Crippen LogP contribution in [0.4, 0.5) is 0 Å². The van der Waals surface area contributed by atoms with Crippen LogP contribution in [-0.2, 0) is 15.4 Å². The summed E-state index contributed by atoms with van der Waals surface area (Å²) in [6.07, 6.45) is 4.57. The van der Waals surface area contributed by atoms with Crippen molar-refractivity contribution in [1.29, 1.82) is 0 Å². The third-order valence-corrected chi connectivity index (χ3v) is 6.74. The summed E-state index contributed by atoms with van der Waals surface area (Å²) >= 11 is 1.74. The molecule has 1 heterocycles. The van der Waals surface area contributed by atoms with Crippen LogP contribution in [0.2, 0.25) is 0 Å². The maximum absolute atomic E-state index is 11.9. The number of sulfonamides is 1. The highest BCUT2D eigenvalue weighted by atomic mass is 32.2. The lowest BCUT2D eigenvalue weighted by Gasteiger charge is -2.28. The molecule has 1 N–H and O–H groups in total. The number of thiophene rings is 1. The van der Waals surface area contributed by atoms with E-state index < -0.39 is 10.0 Å². The zero-order valence-electron chi connectivity index (χ0n) is 11.0. The van der Waals surface area contributed by atoms with Crippen LogP contribution in [0.3, 0.4) is 0 Å². The second-order valence-electron chi connectivity index (χ2n) is 5.38. The fourth-order valence-electron chi connectivity index (χ4n) is 2.55. The van der Waals surface area contributed by atoms with Crippen LogP contribution in [0.25, 0.3) is 0 Å². The third kappa shape index (κ3) is 2.78. The van der Waals surface area contributed by atoms with Gasteiger partial charge in [-0.3, -0.25) is 0 Å². The van der Waals surface area contributed by atoms with Crippen molar-refractivity contribution < 1.29 is 8.42 Å². The molecule has 102 valence electrons. The molecule has 0 aromatic carbocycles. The Kier molecular flexibility index (Phi) is 4.14. The Labute approximate surface area is 114 Å². The summed E-state index contributed by atoms with van der Waals surface area (Å²) < 4.78 is 26.6. The molecule has 0 aliphatic heterocycles. The van der Waals surface area contributed by atoms with E-state index in [-0.39, 0.29) is 10.7 Å². The first-order chi connectivity index (χ1) is 8.46. The molecule has 0 saturated heterocycles. The first kappa shape index (κ1) is 14.0. The highest BCUT2D eigenvalue weighted by Crippen LogP contribution is 2.42. The topological polar surface area (TPSA) is 46.2 Å². The van der Waals surface area contributed by atoms with Gasteiger partial charge in [-0.1, -0.05) is 18.9 Å². The standard InChI is InChI=1S/C13H21NO2S2/c1-11(2)18(15,16)14-10-13(7-3-4-8-13)12-6-5-9-17-12/h5-6,9,11,14H,3-4,7-8,10H2,1-2H3. The van der Waals surface area contributed by atoms with Gasteiger partial charge in [0.1, 0.15) is 0 Å². The third-order valence-electron chi connectivity index (χ3n) is 3.84. The van der Waals surface area contributed by atoms with E-state index in [1.807, 2.05) is 0 Å². The summed E-state index contributed by atoms with van der Waals surface area (Å²) in [5, 5.41) is 1.71. The molecule has 1 aliphatic carbocycles. The van der Waals surface area contributed by atoms with Crippen molar-refractivity contribution in [3.8, 4) is 0 Å². The fourth-order valence-corrected chi connectivity index (χ4v) is 4.35. The van der Waals surface area contributed by atoms with Crippen LogP contribution in [0.5, 0.6) is 0 Å². The largest absolute Gasteiger partial charge is 0.214 e. The second-order valence-corrected chi connectivity index (χ2v) is 8.65. The van der Waals surface area contributed by atoms with Gasteiger partial charge in [-0.2, -0.15) is 0 Å². The molecule has 1 aliphatic rings. The van der Waals surface area contributed by atoms with Crippen molar-refractivity contribution in [2.45, 2.75) is 50.2 Å². The molecule has 18 heavy (non-hydrogen) atoms. The Morgan fingerprint density at radius 2 is 2.06 bits per heavy atom. The van der Waals surface area contributed by atoms with E-state index in [9.17, 15) is 8.42 Å². The zero-order chi connectivity index (χ0) is 13.2. The van der Waals surface area contributed by atoms with E-state index >= 15 is 0 Å². The van der Waals surface area contributed by atoms with Gasteiger partial charge in [0.15, 0.2) is 0 Å². The molecular formula is C13H21NO2S2. The van der Waals surface area contributed by atoms with Gasteiger partial charge < -0.3 is 0 Å². The number of hydrogen-bond acceptors (Lipinski definition) is 3. The summed E-state index contributed by atoms with van der Waals surface area (Å²) in [4.78, 5) is 1.33. The van der Waals surface area contributed by atoms with E-state index in [1.54, 1.807) is 25.2 Å². The molecule has 0 spiro atoms. The van der Waals surface area contributed by atoms with Crippen molar-refractivity contribution in [2.75, 3.05) is 6.54 Å². The summed E-state index contributed by atoms with van der Waals surface area (Å²) in [7, 11) is -3.16. The molecule has 0 bridgehead atoms. The summed E-state index contributed by atoms with van der Waals surface area (Å²) in [6.45, 7) is 3.98. The lowest BCUT2D eigenvalue weighted by Crippen LogP contribution is -2.41. The minimum absolute atomic E-state index is 0.0378. The quantitative estimate of drug-likeness (QED) is 0.905. The first-order valence-corrected chi connectivity index (χ1v) is 8.91. The van der Waals surface area contributed by atoms with Crippen LogP contribution >= 0.6 is 11.3 Å². The average Bonchev–Trinajstić information content (AvgIpc) is 2.98. The Morgan fingerprint density at radius 1 is 1.39 bits per heavy atom. The Bertz CT molecular complexity index is 471. The van der Waals surface area contributed by atoms with Crippen molar-refractivity contribution in [2.24, 2.45) is 0 Å². The van der Waals surface area contributed by atoms with Gasteiger partial charge in [0.05, 0.1) is 5.25 Å². The fraction of sp³-hybridized carbons (Fsp3) is 0.692. The van der Waals surface area contributed by atoms with Crippen LogP contribution in [0.1, 0.15) is 44.4 Å². The van der Waals surface area contributed by atoms with Gasteiger partial charge in [0.25, 0.3) is 0 Å². The molecule has 1 aromatic heterocycles. The van der Waals surface area contributed by atoms with E-state index in [4.69, 9.17) is 0 Å². The molecule has 1 aromatic rings. The summed E-state index contributed by atoms with van der Waals surface area (Å²) in [5.74, 6) is 0. The van der Waals surface area contributed by atoms with Crippen LogP contribution < -0.4 is 4.72 Å². The first-order valence-electron chi connectivity index (χ1n) is 6.49. The van der Waals surface area contributed by atoms with Gasteiger partial charge in [-0.25, -0.2) is 13.1 Å². The van der Waals surface area contributed by atoms with Crippen LogP contribution in [-0.4, -0.2) is 20.2 Å². The highest BCUT2D eigenvalue weighted by molar-refractivity contribution is 7.90. The molecular weight excluding hydrogens is 266 g/mol. The van der Waals surface area contributed by atoms with Gasteiger partial charge >= 0.3 is 0 Å². The predicted molar refractivity (Wildman–Crippen MR) is 76.5 cm³/mol. The maximum Gasteiger partial charge on any atom is 0.213 e. The smallest absolute Gasteiger partial charge is 0.213 e. The lowest BCUT2D eigenvalue weighted by molar-refractivity contribution is 0.439. The highest BCUT2D eigenvalue weighted by Gasteiger charge is 2.37. The molecule has 1 saturated carbocycles. The van der Waals surface area contributed by atoms with E-state index in [1.165, 1.54) is 17.7 Å². The van der Waals surface area contributed by atoms with Gasteiger partial charge in [0, 0.05) is 16.8 Å².